The van der Waals surface area contributed by atoms with Gasteiger partial charge in [0.15, 0.2) is 34.6 Å². The van der Waals surface area contributed by atoms with Crippen LogP contribution in [0.2, 0.25) is 0 Å². The van der Waals surface area contributed by atoms with Gasteiger partial charge in [-0.05, 0) is 35.9 Å². The smallest absolute Gasteiger partial charge is 0.194 e. The number of ether oxygens (including phenoxy) is 4. The number of Topliss-reactive ketones (excluding diaryl/α,β-unsaturated/α-hetero) is 1. The summed E-state index contributed by atoms with van der Waals surface area (Å²) in [4.78, 5) is 25.6. The second-order valence-corrected chi connectivity index (χ2v) is 5.57. The lowest BCUT2D eigenvalue weighted by atomic mass is 9.86. The zero-order valence-electron chi connectivity index (χ0n) is 14.9. The van der Waals surface area contributed by atoms with E-state index in [9.17, 15) is 9.59 Å². The lowest BCUT2D eigenvalue weighted by molar-refractivity contribution is 0.100. The molecule has 6 heteroatoms. The van der Waals surface area contributed by atoms with E-state index in [1.165, 1.54) is 46.6 Å². The van der Waals surface area contributed by atoms with Crippen LogP contribution in [0.25, 0.3) is 5.57 Å². The van der Waals surface area contributed by atoms with Crippen LogP contribution in [0.4, 0.5) is 0 Å². The van der Waals surface area contributed by atoms with E-state index < -0.39 is 0 Å². The predicted molar refractivity (Wildman–Crippen MR) is 95.7 cm³/mol. The first-order valence-corrected chi connectivity index (χ1v) is 7.83. The minimum absolute atomic E-state index is 0.271. The summed E-state index contributed by atoms with van der Waals surface area (Å²) in [6.45, 7) is 0. The monoisotopic (exact) mass is 354 g/mol. The number of ketones is 2. The highest BCUT2D eigenvalue weighted by atomic mass is 16.5. The second-order valence-electron chi connectivity index (χ2n) is 5.57. The van der Waals surface area contributed by atoms with Crippen molar-refractivity contribution in [3.63, 3.8) is 0 Å². The summed E-state index contributed by atoms with van der Waals surface area (Å²) in [6, 6.07) is 8.13. The molecule has 2 aromatic rings. The van der Waals surface area contributed by atoms with Crippen LogP contribution >= 0.6 is 0 Å². The highest BCUT2D eigenvalue weighted by Crippen LogP contribution is 2.37. The van der Waals surface area contributed by atoms with Gasteiger partial charge in [0.1, 0.15) is 0 Å². The normalized spacial score (nSPS) is 13.0. The molecule has 1 aliphatic carbocycles. The molecular formula is C20H18O6. The molecule has 0 heterocycles. The van der Waals surface area contributed by atoms with E-state index in [0.29, 0.717) is 28.6 Å². The van der Waals surface area contributed by atoms with Crippen molar-refractivity contribution in [3.05, 3.63) is 53.1 Å². The number of rotatable bonds is 5. The summed E-state index contributed by atoms with van der Waals surface area (Å²) in [6.07, 6.45) is 1.33. The van der Waals surface area contributed by atoms with E-state index in [2.05, 4.69) is 0 Å². The van der Waals surface area contributed by atoms with Gasteiger partial charge in [-0.3, -0.25) is 9.59 Å². The molecule has 0 saturated carbocycles. The fourth-order valence-electron chi connectivity index (χ4n) is 2.91. The number of methoxy groups -OCH3 is 4. The van der Waals surface area contributed by atoms with Gasteiger partial charge in [-0.1, -0.05) is 6.07 Å². The average Bonchev–Trinajstić information content (AvgIpc) is 2.68. The molecule has 0 atom stereocenters. The van der Waals surface area contributed by atoms with E-state index >= 15 is 0 Å². The number of benzene rings is 2. The summed E-state index contributed by atoms with van der Waals surface area (Å²) in [7, 11) is 5.99. The molecule has 0 bridgehead atoms. The molecule has 0 unspecified atom stereocenters. The van der Waals surface area contributed by atoms with Crippen LogP contribution in [0.5, 0.6) is 23.0 Å². The van der Waals surface area contributed by atoms with Gasteiger partial charge in [-0.25, -0.2) is 0 Å². The van der Waals surface area contributed by atoms with Gasteiger partial charge in [0.2, 0.25) is 0 Å². The van der Waals surface area contributed by atoms with E-state index in [1.807, 2.05) is 0 Å². The highest BCUT2D eigenvalue weighted by Gasteiger charge is 2.29. The van der Waals surface area contributed by atoms with E-state index in [1.54, 1.807) is 18.2 Å². The summed E-state index contributed by atoms with van der Waals surface area (Å²) in [5.74, 6) is 1.26. The maximum Gasteiger partial charge on any atom is 0.194 e. The first-order valence-electron chi connectivity index (χ1n) is 7.83. The number of hydrogen-bond acceptors (Lipinski definition) is 6. The van der Waals surface area contributed by atoms with Crippen molar-refractivity contribution >= 4 is 17.1 Å². The van der Waals surface area contributed by atoms with Crippen molar-refractivity contribution in [2.24, 2.45) is 0 Å². The standard InChI is InChI=1S/C20H18O6/c1-23-16-6-5-11(7-17(16)24-2)12-8-15(21)13-9-18(25-3)19(26-4)10-14(13)20(12)22/h5-10H,1-4H3. The van der Waals surface area contributed by atoms with Crippen molar-refractivity contribution in [3.8, 4) is 23.0 Å². The van der Waals surface area contributed by atoms with Crippen LogP contribution in [0.1, 0.15) is 26.3 Å². The Kier molecular flexibility index (Phi) is 4.67. The number of hydrogen-bond donors (Lipinski definition) is 0. The first-order chi connectivity index (χ1) is 12.5. The third-order valence-corrected chi connectivity index (χ3v) is 4.25. The van der Waals surface area contributed by atoms with Crippen LogP contribution in [-0.4, -0.2) is 40.0 Å². The molecule has 0 N–H and O–H groups in total. The molecule has 1 aliphatic rings. The third-order valence-electron chi connectivity index (χ3n) is 4.25. The highest BCUT2D eigenvalue weighted by molar-refractivity contribution is 6.38. The summed E-state index contributed by atoms with van der Waals surface area (Å²) in [5.41, 5.74) is 1.42. The van der Waals surface area contributed by atoms with E-state index in [-0.39, 0.29) is 28.3 Å². The molecule has 0 aromatic heterocycles. The second kappa shape index (κ2) is 6.92. The Morgan fingerprint density at radius 3 is 1.77 bits per heavy atom. The Labute approximate surface area is 150 Å². The Balaban J connectivity index is 2.11. The van der Waals surface area contributed by atoms with Crippen molar-refractivity contribution < 1.29 is 28.5 Å². The van der Waals surface area contributed by atoms with Crippen LogP contribution in [0, 0.1) is 0 Å². The molecule has 0 spiro atoms. The number of carbonyl (C=O) groups is 2. The summed E-state index contributed by atoms with van der Waals surface area (Å²) < 4.78 is 21.0. The number of fused-ring (bicyclic) bond motifs is 1. The average molecular weight is 354 g/mol. The molecule has 0 aliphatic heterocycles. The molecule has 134 valence electrons. The fourth-order valence-corrected chi connectivity index (χ4v) is 2.91. The summed E-state index contributed by atoms with van der Waals surface area (Å²) >= 11 is 0. The summed E-state index contributed by atoms with van der Waals surface area (Å²) in [5, 5.41) is 0. The number of carbonyl (C=O) groups excluding carboxylic acids is 2. The van der Waals surface area contributed by atoms with Gasteiger partial charge >= 0.3 is 0 Å². The van der Waals surface area contributed by atoms with Crippen LogP contribution in [0.15, 0.2) is 36.4 Å². The van der Waals surface area contributed by atoms with E-state index in [0.717, 1.165) is 0 Å². The van der Waals surface area contributed by atoms with Gasteiger partial charge in [0.05, 0.1) is 28.4 Å². The van der Waals surface area contributed by atoms with Crippen LogP contribution < -0.4 is 18.9 Å². The molecule has 6 nitrogen and oxygen atoms in total. The lowest BCUT2D eigenvalue weighted by Gasteiger charge is -2.18. The predicted octanol–water partition coefficient (Wildman–Crippen LogP) is 3.18. The Morgan fingerprint density at radius 1 is 0.654 bits per heavy atom. The molecule has 2 aromatic carbocycles. The molecule has 3 rings (SSSR count). The third kappa shape index (κ3) is 2.79. The van der Waals surface area contributed by atoms with Gasteiger partial charge in [0, 0.05) is 16.7 Å². The van der Waals surface area contributed by atoms with E-state index in [4.69, 9.17) is 18.9 Å². The molecule has 0 fully saturated rings. The minimum atomic E-state index is -0.273. The topological polar surface area (TPSA) is 71.1 Å². The molecule has 0 amide bonds. The van der Waals surface area contributed by atoms with Gasteiger partial charge < -0.3 is 18.9 Å². The molecular weight excluding hydrogens is 336 g/mol. The van der Waals surface area contributed by atoms with Gasteiger partial charge in [-0.2, -0.15) is 0 Å². The fraction of sp³-hybridized carbons (Fsp3) is 0.200. The van der Waals surface area contributed by atoms with Crippen molar-refractivity contribution in [2.75, 3.05) is 28.4 Å². The van der Waals surface area contributed by atoms with Gasteiger partial charge in [-0.15, -0.1) is 0 Å². The molecule has 26 heavy (non-hydrogen) atoms. The maximum atomic E-state index is 13.0. The minimum Gasteiger partial charge on any atom is -0.493 e. The van der Waals surface area contributed by atoms with Crippen LogP contribution in [0.3, 0.4) is 0 Å². The van der Waals surface area contributed by atoms with Gasteiger partial charge in [0.25, 0.3) is 0 Å². The lowest BCUT2D eigenvalue weighted by Crippen LogP contribution is -2.17. The quantitative estimate of drug-likeness (QED) is 0.821. The largest absolute Gasteiger partial charge is 0.493 e. The molecule has 0 saturated heterocycles. The Hall–Kier alpha value is -3.28. The Morgan fingerprint density at radius 2 is 1.19 bits per heavy atom. The van der Waals surface area contributed by atoms with Crippen molar-refractivity contribution in [1.82, 2.24) is 0 Å². The molecule has 0 radical (unpaired) electrons. The van der Waals surface area contributed by atoms with Crippen molar-refractivity contribution in [2.45, 2.75) is 0 Å². The van der Waals surface area contributed by atoms with Crippen LogP contribution in [-0.2, 0) is 0 Å². The Bertz CT molecular complexity index is 926. The zero-order valence-corrected chi connectivity index (χ0v) is 14.9. The zero-order chi connectivity index (χ0) is 18.8. The SMILES string of the molecule is COc1ccc(C2=CC(=O)c3cc(OC)c(OC)cc3C2=O)cc1OC. The number of allylic oxidation sites excluding steroid dienone is 2. The van der Waals surface area contributed by atoms with Crippen molar-refractivity contribution in [1.29, 1.82) is 0 Å². The maximum absolute atomic E-state index is 13.0. The first kappa shape index (κ1) is 17.5.